The minimum Gasteiger partial charge on any atom is -0.320 e. The van der Waals surface area contributed by atoms with Crippen molar-refractivity contribution >= 4 is 15.9 Å². The molecule has 2 N–H and O–H groups in total. The van der Waals surface area contributed by atoms with E-state index in [1.807, 2.05) is 0 Å². The Balaban J connectivity index is 2.38. The third-order valence-electron chi connectivity index (χ3n) is 2.39. The van der Waals surface area contributed by atoms with Crippen LogP contribution >= 0.6 is 15.9 Å². The first-order chi connectivity index (χ1) is 5.62. The van der Waals surface area contributed by atoms with E-state index in [1.165, 1.54) is 6.42 Å². The van der Waals surface area contributed by atoms with E-state index in [-0.39, 0.29) is 5.54 Å². The first-order valence-electron chi connectivity index (χ1n) is 3.98. The molecular formula is C7H11BrN4. The van der Waals surface area contributed by atoms with Gasteiger partial charge >= 0.3 is 0 Å². The van der Waals surface area contributed by atoms with Crippen LogP contribution in [-0.2, 0) is 12.6 Å². The SMILES string of the molecule is Cn1nc(Br)c(C2(N)CCC2)n1. The molecule has 1 aliphatic rings. The topological polar surface area (TPSA) is 56.7 Å². The molecule has 2 rings (SSSR count). The van der Waals surface area contributed by atoms with Gasteiger partial charge in [0.15, 0.2) is 4.60 Å². The zero-order chi connectivity index (χ0) is 8.77. The Bertz CT molecular complexity index is 302. The van der Waals surface area contributed by atoms with Gasteiger partial charge in [0, 0.05) is 7.05 Å². The summed E-state index contributed by atoms with van der Waals surface area (Å²) < 4.78 is 0.784. The standard InChI is InChI=1S/C7H11BrN4/c1-12-10-5(6(8)11-12)7(9)3-2-4-7/h2-4,9H2,1H3. The molecule has 4 nitrogen and oxygen atoms in total. The Kier molecular flexibility index (Phi) is 1.73. The Morgan fingerprint density at radius 3 is 2.50 bits per heavy atom. The second-order valence-corrected chi connectivity index (χ2v) is 4.09. The van der Waals surface area contributed by atoms with Crippen molar-refractivity contribution in [1.82, 2.24) is 15.0 Å². The van der Waals surface area contributed by atoms with Crippen LogP contribution in [0.3, 0.4) is 0 Å². The van der Waals surface area contributed by atoms with Crippen molar-refractivity contribution in [1.29, 1.82) is 0 Å². The molecule has 1 heterocycles. The molecule has 1 aromatic heterocycles. The van der Waals surface area contributed by atoms with E-state index in [0.717, 1.165) is 23.1 Å². The molecule has 0 aromatic carbocycles. The third-order valence-corrected chi connectivity index (χ3v) is 2.92. The minimum absolute atomic E-state index is 0.215. The Morgan fingerprint density at radius 2 is 2.17 bits per heavy atom. The summed E-state index contributed by atoms with van der Waals surface area (Å²) >= 11 is 3.35. The average molecular weight is 231 g/mol. The number of nitrogens with zero attached hydrogens (tertiary/aromatic N) is 3. The summed E-state index contributed by atoms with van der Waals surface area (Å²) in [6.07, 6.45) is 3.23. The molecule has 1 aromatic rings. The van der Waals surface area contributed by atoms with Crippen molar-refractivity contribution in [2.45, 2.75) is 24.8 Å². The summed E-state index contributed by atoms with van der Waals surface area (Å²) in [4.78, 5) is 1.55. The molecule has 1 fully saturated rings. The first kappa shape index (κ1) is 8.19. The van der Waals surface area contributed by atoms with Crippen LogP contribution in [-0.4, -0.2) is 15.0 Å². The van der Waals surface area contributed by atoms with Gasteiger partial charge in [-0.1, -0.05) is 0 Å². The van der Waals surface area contributed by atoms with Gasteiger partial charge < -0.3 is 5.73 Å². The maximum atomic E-state index is 6.09. The van der Waals surface area contributed by atoms with Crippen molar-refractivity contribution in [2.24, 2.45) is 12.8 Å². The average Bonchev–Trinajstić information content (AvgIpc) is 2.25. The van der Waals surface area contributed by atoms with E-state index in [0.29, 0.717) is 0 Å². The molecule has 0 aliphatic heterocycles. The van der Waals surface area contributed by atoms with E-state index in [9.17, 15) is 0 Å². The van der Waals surface area contributed by atoms with Crippen LogP contribution in [0.2, 0.25) is 0 Å². The highest BCUT2D eigenvalue weighted by molar-refractivity contribution is 9.10. The number of nitrogens with two attached hydrogens (primary N) is 1. The second-order valence-electron chi connectivity index (χ2n) is 3.34. The summed E-state index contributed by atoms with van der Waals surface area (Å²) in [5.41, 5.74) is 6.78. The molecule has 0 atom stereocenters. The molecule has 0 saturated heterocycles. The quantitative estimate of drug-likeness (QED) is 0.781. The largest absolute Gasteiger partial charge is 0.320 e. The first-order valence-corrected chi connectivity index (χ1v) is 4.77. The fourth-order valence-corrected chi connectivity index (χ4v) is 2.19. The van der Waals surface area contributed by atoms with E-state index in [4.69, 9.17) is 5.73 Å². The second kappa shape index (κ2) is 2.53. The van der Waals surface area contributed by atoms with Gasteiger partial charge in [-0.15, -0.1) is 5.10 Å². The number of hydrogen-bond acceptors (Lipinski definition) is 3. The molecule has 1 aliphatic carbocycles. The highest BCUT2D eigenvalue weighted by Gasteiger charge is 2.38. The number of hydrogen-bond donors (Lipinski definition) is 1. The molecular weight excluding hydrogens is 220 g/mol. The molecule has 0 spiro atoms. The Morgan fingerprint density at radius 1 is 1.50 bits per heavy atom. The lowest BCUT2D eigenvalue weighted by atomic mass is 9.76. The van der Waals surface area contributed by atoms with E-state index in [1.54, 1.807) is 11.8 Å². The molecule has 1 saturated carbocycles. The smallest absolute Gasteiger partial charge is 0.153 e. The fourth-order valence-electron chi connectivity index (χ4n) is 1.48. The minimum atomic E-state index is -0.215. The van der Waals surface area contributed by atoms with Gasteiger partial charge in [-0.05, 0) is 35.2 Å². The van der Waals surface area contributed by atoms with Crippen molar-refractivity contribution in [3.8, 4) is 0 Å². The van der Waals surface area contributed by atoms with E-state index >= 15 is 0 Å². The number of rotatable bonds is 1. The summed E-state index contributed by atoms with van der Waals surface area (Å²) in [5.74, 6) is 0. The summed E-state index contributed by atoms with van der Waals surface area (Å²) in [6.45, 7) is 0. The predicted molar refractivity (Wildman–Crippen MR) is 48.4 cm³/mol. The summed E-state index contributed by atoms with van der Waals surface area (Å²) in [7, 11) is 1.80. The monoisotopic (exact) mass is 230 g/mol. The lowest BCUT2D eigenvalue weighted by Crippen LogP contribution is -2.44. The summed E-state index contributed by atoms with van der Waals surface area (Å²) in [5, 5.41) is 8.34. The zero-order valence-electron chi connectivity index (χ0n) is 6.92. The van der Waals surface area contributed by atoms with Gasteiger partial charge in [0.1, 0.15) is 5.69 Å². The molecule has 5 heteroatoms. The van der Waals surface area contributed by atoms with Crippen molar-refractivity contribution in [2.75, 3.05) is 0 Å². The molecule has 0 bridgehead atoms. The maximum Gasteiger partial charge on any atom is 0.153 e. The molecule has 12 heavy (non-hydrogen) atoms. The van der Waals surface area contributed by atoms with Crippen LogP contribution in [0.25, 0.3) is 0 Å². The van der Waals surface area contributed by atoms with E-state index in [2.05, 4.69) is 26.1 Å². The predicted octanol–water partition coefficient (Wildman–Crippen LogP) is 0.916. The molecule has 66 valence electrons. The van der Waals surface area contributed by atoms with E-state index < -0.39 is 0 Å². The van der Waals surface area contributed by atoms with Crippen molar-refractivity contribution in [3.63, 3.8) is 0 Å². The summed E-state index contributed by atoms with van der Waals surface area (Å²) in [6, 6.07) is 0. The van der Waals surface area contributed by atoms with Gasteiger partial charge in [-0.2, -0.15) is 9.90 Å². The normalized spacial score (nSPS) is 20.6. The van der Waals surface area contributed by atoms with Gasteiger partial charge in [-0.3, -0.25) is 0 Å². The van der Waals surface area contributed by atoms with Crippen LogP contribution in [0.5, 0.6) is 0 Å². The highest BCUT2D eigenvalue weighted by atomic mass is 79.9. The third kappa shape index (κ3) is 1.08. The van der Waals surface area contributed by atoms with Gasteiger partial charge in [0.25, 0.3) is 0 Å². The van der Waals surface area contributed by atoms with Crippen molar-refractivity contribution < 1.29 is 0 Å². The molecule has 0 amide bonds. The fraction of sp³-hybridized carbons (Fsp3) is 0.714. The van der Waals surface area contributed by atoms with Gasteiger partial charge in [-0.25, -0.2) is 0 Å². The molecule has 0 unspecified atom stereocenters. The Labute approximate surface area is 79.3 Å². The van der Waals surface area contributed by atoms with Crippen LogP contribution in [0.4, 0.5) is 0 Å². The highest BCUT2D eigenvalue weighted by Crippen LogP contribution is 2.39. The number of halogens is 1. The number of aryl methyl sites for hydroxylation is 1. The van der Waals surface area contributed by atoms with Crippen LogP contribution < -0.4 is 5.73 Å². The van der Waals surface area contributed by atoms with Crippen LogP contribution in [0.1, 0.15) is 25.0 Å². The van der Waals surface area contributed by atoms with Crippen LogP contribution in [0.15, 0.2) is 4.60 Å². The maximum absolute atomic E-state index is 6.09. The molecule has 0 radical (unpaired) electrons. The lowest BCUT2D eigenvalue weighted by molar-refractivity contribution is 0.243. The number of aromatic nitrogens is 3. The zero-order valence-corrected chi connectivity index (χ0v) is 8.50. The lowest BCUT2D eigenvalue weighted by Gasteiger charge is -2.36. The van der Waals surface area contributed by atoms with Gasteiger partial charge in [0.05, 0.1) is 5.54 Å². The Hall–Kier alpha value is -0.420. The van der Waals surface area contributed by atoms with Crippen molar-refractivity contribution in [3.05, 3.63) is 10.3 Å². The van der Waals surface area contributed by atoms with Crippen LogP contribution in [0, 0.1) is 0 Å². The van der Waals surface area contributed by atoms with Gasteiger partial charge in [0.2, 0.25) is 0 Å².